The summed E-state index contributed by atoms with van der Waals surface area (Å²) in [6.45, 7) is 3.92. The van der Waals surface area contributed by atoms with Crippen LogP contribution in [-0.2, 0) is 6.18 Å². The Morgan fingerprint density at radius 3 is 2.52 bits per heavy atom. The van der Waals surface area contributed by atoms with Crippen LogP contribution in [0.3, 0.4) is 0 Å². The Balaban J connectivity index is 1.85. The van der Waals surface area contributed by atoms with Gasteiger partial charge >= 0.3 is 6.18 Å². The molecule has 144 valence electrons. The maximum atomic E-state index is 12.9. The van der Waals surface area contributed by atoms with E-state index in [1.807, 2.05) is 6.07 Å². The summed E-state index contributed by atoms with van der Waals surface area (Å²) in [5, 5.41) is 2.73. The van der Waals surface area contributed by atoms with Crippen molar-refractivity contribution in [3.8, 4) is 0 Å². The Hall–Kier alpha value is -2.70. The number of hydrogen-bond acceptors (Lipinski definition) is 3. The van der Waals surface area contributed by atoms with Crippen LogP contribution in [0.2, 0.25) is 0 Å². The van der Waals surface area contributed by atoms with E-state index in [-0.39, 0.29) is 5.56 Å². The number of alkyl halides is 3. The number of benzene rings is 2. The third-order valence-corrected chi connectivity index (χ3v) is 4.85. The van der Waals surface area contributed by atoms with Crippen LogP contribution in [0, 0.1) is 5.92 Å². The van der Waals surface area contributed by atoms with Gasteiger partial charge < -0.3 is 16.0 Å². The van der Waals surface area contributed by atoms with Crippen LogP contribution >= 0.6 is 0 Å². The third kappa shape index (κ3) is 4.53. The van der Waals surface area contributed by atoms with Gasteiger partial charge in [-0.1, -0.05) is 13.0 Å². The molecule has 1 saturated heterocycles. The lowest BCUT2D eigenvalue weighted by molar-refractivity contribution is -0.137. The number of hydrogen-bond donors (Lipinski definition) is 2. The van der Waals surface area contributed by atoms with Gasteiger partial charge in [0.2, 0.25) is 0 Å². The molecular weight excluding hydrogens is 355 g/mol. The van der Waals surface area contributed by atoms with Gasteiger partial charge in [0.25, 0.3) is 5.91 Å². The van der Waals surface area contributed by atoms with Crippen molar-refractivity contribution in [2.24, 2.45) is 5.92 Å². The van der Waals surface area contributed by atoms with Crippen molar-refractivity contribution in [1.82, 2.24) is 0 Å². The summed E-state index contributed by atoms with van der Waals surface area (Å²) in [6.07, 6.45) is -2.40. The summed E-state index contributed by atoms with van der Waals surface area (Å²) >= 11 is 0. The number of piperidine rings is 1. The number of nitrogens with zero attached hydrogens (tertiary/aromatic N) is 1. The molecule has 1 heterocycles. The first-order valence-corrected chi connectivity index (χ1v) is 8.87. The molecule has 2 aromatic rings. The van der Waals surface area contributed by atoms with Crippen LogP contribution in [0.25, 0.3) is 0 Å². The standard InChI is InChI=1S/C20H22F3N3O/c1-13-7-9-26(10-8-13)18-6-5-16(24)12-17(18)25-19(27)14-3-2-4-15(11-14)20(21,22)23/h2-6,11-13H,7-10,24H2,1H3,(H,25,27). The van der Waals surface area contributed by atoms with Gasteiger partial charge in [0.1, 0.15) is 0 Å². The molecule has 7 heteroatoms. The lowest BCUT2D eigenvalue weighted by atomic mass is 9.98. The number of nitrogens with two attached hydrogens (primary N) is 1. The molecule has 0 unspecified atom stereocenters. The number of anilines is 3. The van der Waals surface area contributed by atoms with E-state index in [9.17, 15) is 18.0 Å². The second-order valence-corrected chi connectivity index (χ2v) is 6.98. The Morgan fingerprint density at radius 2 is 1.85 bits per heavy atom. The zero-order valence-electron chi connectivity index (χ0n) is 15.0. The fourth-order valence-electron chi connectivity index (χ4n) is 3.21. The smallest absolute Gasteiger partial charge is 0.399 e. The van der Waals surface area contributed by atoms with E-state index in [1.165, 1.54) is 12.1 Å². The van der Waals surface area contributed by atoms with Crippen LogP contribution in [0.1, 0.15) is 35.7 Å². The SMILES string of the molecule is CC1CCN(c2ccc(N)cc2NC(=O)c2cccc(C(F)(F)F)c2)CC1. The van der Waals surface area contributed by atoms with E-state index >= 15 is 0 Å². The largest absolute Gasteiger partial charge is 0.416 e. The quantitative estimate of drug-likeness (QED) is 0.757. The highest BCUT2D eigenvalue weighted by Gasteiger charge is 2.31. The third-order valence-electron chi connectivity index (χ3n) is 4.85. The van der Waals surface area contributed by atoms with Crippen molar-refractivity contribution < 1.29 is 18.0 Å². The van der Waals surface area contributed by atoms with Gasteiger partial charge in [-0.2, -0.15) is 13.2 Å². The van der Waals surface area contributed by atoms with Crippen LogP contribution in [0.4, 0.5) is 30.2 Å². The van der Waals surface area contributed by atoms with E-state index in [2.05, 4.69) is 17.1 Å². The van der Waals surface area contributed by atoms with Crippen molar-refractivity contribution in [3.05, 3.63) is 53.6 Å². The topological polar surface area (TPSA) is 58.4 Å². The maximum Gasteiger partial charge on any atom is 0.416 e. The van der Waals surface area contributed by atoms with Crippen LogP contribution in [0.5, 0.6) is 0 Å². The molecule has 3 N–H and O–H groups in total. The van der Waals surface area contributed by atoms with Gasteiger partial charge in [0, 0.05) is 24.3 Å². The summed E-state index contributed by atoms with van der Waals surface area (Å²) in [5.41, 5.74) is 6.76. The highest BCUT2D eigenvalue weighted by molar-refractivity contribution is 6.06. The fraction of sp³-hybridized carbons (Fsp3) is 0.350. The zero-order valence-corrected chi connectivity index (χ0v) is 15.0. The highest BCUT2D eigenvalue weighted by atomic mass is 19.4. The molecule has 0 saturated carbocycles. The predicted octanol–water partition coefficient (Wildman–Crippen LogP) is 4.78. The molecule has 1 aliphatic rings. The Bertz CT molecular complexity index is 827. The van der Waals surface area contributed by atoms with Gasteiger partial charge in [0.05, 0.1) is 16.9 Å². The molecule has 1 aliphatic heterocycles. The summed E-state index contributed by atoms with van der Waals surface area (Å²) in [4.78, 5) is 14.7. The van der Waals surface area contributed by atoms with Gasteiger partial charge in [-0.15, -0.1) is 0 Å². The molecule has 0 aromatic heterocycles. The zero-order chi connectivity index (χ0) is 19.6. The van der Waals surface area contributed by atoms with Crippen LogP contribution in [-0.4, -0.2) is 19.0 Å². The van der Waals surface area contributed by atoms with Crippen molar-refractivity contribution in [2.75, 3.05) is 29.0 Å². The number of carbonyl (C=O) groups excluding carboxylic acids is 1. The highest BCUT2D eigenvalue weighted by Crippen LogP contribution is 2.33. The van der Waals surface area contributed by atoms with E-state index in [0.29, 0.717) is 17.3 Å². The maximum absolute atomic E-state index is 12.9. The van der Waals surface area contributed by atoms with Gasteiger partial charge in [0.15, 0.2) is 0 Å². The number of amides is 1. The molecule has 0 radical (unpaired) electrons. The molecule has 1 amide bonds. The van der Waals surface area contributed by atoms with Crippen LogP contribution < -0.4 is 16.0 Å². The first kappa shape index (κ1) is 19.1. The molecule has 1 fully saturated rings. The van der Waals surface area contributed by atoms with Crippen molar-refractivity contribution >= 4 is 23.0 Å². The first-order valence-electron chi connectivity index (χ1n) is 8.87. The second-order valence-electron chi connectivity index (χ2n) is 6.98. The summed E-state index contributed by atoms with van der Waals surface area (Å²) in [6, 6.07) is 9.61. The predicted molar refractivity (Wildman–Crippen MR) is 101 cm³/mol. The summed E-state index contributed by atoms with van der Waals surface area (Å²) in [5.74, 6) is 0.0523. The minimum Gasteiger partial charge on any atom is -0.399 e. The first-order chi connectivity index (χ1) is 12.7. The summed E-state index contributed by atoms with van der Waals surface area (Å²) in [7, 11) is 0. The number of carbonyl (C=O) groups is 1. The molecule has 0 atom stereocenters. The lowest BCUT2D eigenvalue weighted by Crippen LogP contribution is -2.33. The Kier molecular flexibility index (Phi) is 5.30. The van der Waals surface area contributed by atoms with Gasteiger partial charge in [-0.3, -0.25) is 4.79 Å². The van der Waals surface area contributed by atoms with Crippen molar-refractivity contribution in [1.29, 1.82) is 0 Å². The summed E-state index contributed by atoms with van der Waals surface area (Å²) < 4.78 is 38.7. The molecule has 0 bridgehead atoms. The van der Waals surface area contributed by atoms with Gasteiger partial charge in [-0.05, 0) is 55.2 Å². The molecule has 3 rings (SSSR count). The lowest BCUT2D eigenvalue weighted by Gasteiger charge is -2.33. The fourth-order valence-corrected chi connectivity index (χ4v) is 3.21. The number of nitrogens with one attached hydrogen (secondary N) is 1. The molecule has 0 aliphatic carbocycles. The Labute approximate surface area is 156 Å². The van der Waals surface area contributed by atoms with Crippen LogP contribution in [0.15, 0.2) is 42.5 Å². The number of nitrogen functional groups attached to an aromatic ring is 1. The van der Waals surface area contributed by atoms with Crippen molar-refractivity contribution in [2.45, 2.75) is 25.9 Å². The average molecular weight is 377 g/mol. The molecule has 27 heavy (non-hydrogen) atoms. The molecule has 2 aromatic carbocycles. The second kappa shape index (κ2) is 7.50. The van der Waals surface area contributed by atoms with Gasteiger partial charge in [-0.25, -0.2) is 0 Å². The minimum atomic E-state index is -4.50. The monoisotopic (exact) mass is 377 g/mol. The number of halogens is 3. The Morgan fingerprint density at radius 1 is 1.15 bits per heavy atom. The molecule has 0 spiro atoms. The van der Waals surface area contributed by atoms with E-state index in [0.717, 1.165) is 43.8 Å². The number of rotatable bonds is 3. The van der Waals surface area contributed by atoms with Crippen molar-refractivity contribution in [3.63, 3.8) is 0 Å². The van der Waals surface area contributed by atoms with E-state index in [4.69, 9.17) is 5.73 Å². The average Bonchev–Trinajstić information content (AvgIpc) is 2.62. The van der Waals surface area contributed by atoms with E-state index < -0.39 is 17.6 Å². The minimum absolute atomic E-state index is 0.0505. The van der Waals surface area contributed by atoms with E-state index in [1.54, 1.807) is 12.1 Å². The molecule has 4 nitrogen and oxygen atoms in total. The molecular formula is C20H22F3N3O. The normalized spacial score (nSPS) is 15.6.